The molecule has 1 heterocycles. The van der Waals surface area contributed by atoms with E-state index in [2.05, 4.69) is 18.7 Å². The van der Waals surface area contributed by atoms with Gasteiger partial charge in [-0.05, 0) is 97.9 Å². The number of aliphatic hydroxyl groups excluding tert-OH is 2. The van der Waals surface area contributed by atoms with Crippen LogP contribution < -0.4 is 9.47 Å². The number of halogens is 1. The van der Waals surface area contributed by atoms with Gasteiger partial charge in [0.25, 0.3) is 5.69 Å². The van der Waals surface area contributed by atoms with Crippen molar-refractivity contribution >= 4 is 23.2 Å². The van der Waals surface area contributed by atoms with Crippen LogP contribution in [-0.2, 0) is 22.8 Å². The van der Waals surface area contributed by atoms with Gasteiger partial charge < -0.3 is 29.3 Å². The Balaban J connectivity index is 1.34. The molecule has 3 aromatic rings. The molecule has 0 spiro atoms. The van der Waals surface area contributed by atoms with Gasteiger partial charge in [0, 0.05) is 54.1 Å². The molecule has 0 bridgehead atoms. The lowest BCUT2D eigenvalue weighted by atomic mass is 9.56. The minimum absolute atomic E-state index is 0.0162. The third-order valence-corrected chi connectivity index (χ3v) is 13.9. The molecule has 12 heteroatoms. The van der Waals surface area contributed by atoms with Gasteiger partial charge in [0.15, 0.2) is 0 Å². The van der Waals surface area contributed by atoms with Gasteiger partial charge >= 0.3 is 0 Å². The Morgan fingerprint density at radius 2 is 1.76 bits per heavy atom. The average Bonchev–Trinajstić information content (AvgIpc) is 3.75. The quantitative estimate of drug-likeness (QED) is 0.0495. The smallest absolute Gasteiger partial charge is 0.269 e. The number of unbranched alkanes of at least 4 members (excludes halogenated alkanes) is 2. The number of aliphatic hydroxyl groups is 2. The minimum Gasteiger partial charge on any atom is -0.489 e. The van der Waals surface area contributed by atoms with Crippen molar-refractivity contribution in [1.82, 2.24) is 0 Å². The summed E-state index contributed by atoms with van der Waals surface area (Å²) in [6.45, 7) is 4.77. The van der Waals surface area contributed by atoms with Crippen molar-refractivity contribution in [2.75, 3.05) is 19.8 Å². The van der Waals surface area contributed by atoms with Gasteiger partial charge in [0.05, 0.1) is 28.4 Å². The second kappa shape index (κ2) is 19.7. The van der Waals surface area contributed by atoms with Crippen LogP contribution >= 0.6 is 11.8 Å². The van der Waals surface area contributed by atoms with Crippen LogP contribution in [0.2, 0.25) is 0 Å². The number of ether oxygens (including phenoxy) is 3. The lowest BCUT2D eigenvalue weighted by Gasteiger charge is -2.58. The number of thioether (sulfide) groups is 1. The lowest BCUT2D eigenvalue weighted by Crippen LogP contribution is -2.64. The number of nitrogens with zero attached hydrogens (tertiary/aromatic N) is 2. The first kappa shape index (κ1) is 41.9. The van der Waals surface area contributed by atoms with Gasteiger partial charge in [-0.1, -0.05) is 61.2 Å². The lowest BCUT2D eigenvalue weighted by molar-refractivity contribution is -0.384. The van der Waals surface area contributed by atoms with Crippen molar-refractivity contribution in [3.63, 3.8) is 0 Å². The first-order valence-corrected chi connectivity index (χ1v) is 21.7. The van der Waals surface area contributed by atoms with E-state index >= 15 is 0 Å². The fourth-order valence-electron chi connectivity index (χ4n) is 9.47. The molecule has 2 saturated carbocycles. The number of rotatable bonds is 20. The summed E-state index contributed by atoms with van der Waals surface area (Å²) in [6, 6.07) is 18.9. The molecule has 2 N–H and O–H groups in total. The largest absolute Gasteiger partial charge is 0.489 e. The second-order valence-corrected chi connectivity index (χ2v) is 17.4. The summed E-state index contributed by atoms with van der Waals surface area (Å²) in [7, 11) is 0. The normalized spacial score (nSPS) is 25.7. The van der Waals surface area contributed by atoms with E-state index < -0.39 is 10.7 Å². The number of nitro groups is 1. The fraction of sp³-hybridized carbons (Fsp3) is 0.500. The molecular weight excluding hydrogens is 760 g/mol. The Labute approximate surface area is 344 Å². The molecule has 0 radical (unpaired) electrons. The molecule has 10 nitrogen and oxygen atoms in total. The Kier molecular flexibility index (Phi) is 14.2. The predicted molar refractivity (Wildman–Crippen MR) is 223 cm³/mol. The van der Waals surface area contributed by atoms with Gasteiger partial charge in [0.1, 0.15) is 30.5 Å². The minimum atomic E-state index is -1.07. The molecule has 0 amide bonds. The standard InChI is InChI=1S/C46H55FN2O8S/c1-2-25-55-46-43(58-36-13-4-5-14-36)28-41(48-56-29-31-17-19-34(20-18-31)49(52)53)38-26-32(11-7-9-23-50)37(15-8-10-24-51)44(45(38)46)39-27-35(21-22-42(39)57-46)54-30-33-12-3-6-16-40(33)47/h2-3,6,12,16-22,26-27,32,36-37,43-45,50-51H,1,4-5,7-11,13-15,23-25,28-30H2/t32-,37+,43-,44+,45+,46+/m0/s1. The van der Waals surface area contributed by atoms with Crippen LogP contribution in [0, 0.1) is 33.7 Å². The molecule has 1 aliphatic heterocycles. The van der Waals surface area contributed by atoms with E-state index in [9.17, 15) is 24.7 Å². The number of allylic oxidation sites excluding steroid dienone is 1. The number of benzene rings is 3. The Bertz CT molecular complexity index is 1930. The van der Waals surface area contributed by atoms with E-state index in [0.29, 0.717) is 35.8 Å². The van der Waals surface area contributed by atoms with Crippen molar-refractivity contribution < 1.29 is 38.6 Å². The third-order valence-electron chi connectivity index (χ3n) is 12.2. The molecule has 6 atom stereocenters. The highest BCUT2D eigenvalue weighted by Gasteiger charge is 2.64. The SMILES string of the molecule is C=CCO[C@@]12Oc3ccc(OCc4ccccc4F)cc3[C@H]3[C@H](CCCCO)[C@@H](CCCCO)C=C(C(=NOCc4ccc([N+](=O)[O-])cc4)C[C@@H]1SC1CCCC1)[C@H]32. The molecule has 3 aromatic carbocycles. The topological polar surface area (TPSA) is 133 Å². The van der Waals surface area contributed by atoms with E-state index in [4.69, 9.17) is 24.2 Å². The second-order valence-electron chi connectivity index (χ2n) is 15.9. The summed E-state index contributed by atoms with van der Waals surface area (Å²) in [4.78, 5) is 17.0. The molecule has 7 rings (SSSR count). The fourth-order valence-corrected chi connectivity index (χ4v) is 11.2. The Hall–Kier alpha value is -4.23. The van der Waals surface area contributed by atoms with Crippen LogP contribution in [0.4, 0.5) is 10.1 Å². The van der Waals surface area contributed by atoms with Crippen LogP contribution in [0.5, 0.6) is 11.5 Å². The molecular formula is C46H55FN2O8S. The van der Waals surface area contributed by atoms with E-state index in [0.717, 1.165) is 66.7 Å². The molecule has 0 aromatic heterocycles. The van der Waals surface area contributed by atoms with Crippen molar-refractivity contribution in [2.45, 2.75) is 106 Å². The molecule has 58 heavy (non-hydrogen) atoms. The van der Waals surface area contributed by atoms with Gasteiger partial charge in [-0.3, -0.25) is 10.1 Å². The maximum Gasteiger partial charge on any atom is 0.269 e. The highest BCUT2D eigenvalue weighted by molar-refractivity contribution is 8.00. The van der Waals surface area contributed by atoms with E-state index in [1.165, 1.54) is 31.0 Å². The number of fused-ring (bicyclic) bond motifs is 2. The number of oxime groups is 1. The van der Waals surface area contributed by atoms with Crippen LogP contribution in [-0.4, -0.2) is 57.0 Å². The molecule has 3 aliphatic carbocycles. The summed E-state index contributed by atoms with van der Waals surface area (Å²) in [5.74, 6) is -0.180. The highest BCUT2D eigenvalue weighted by atomic mass is 32.2. The highest BCUT2D eigenvalue weighted by Crippen LogP contribution is 2.63. The predicted octanol–water partition coefficient (Wildman–Crippen LogP) is 9.82. The monoisotopic (exact) mass is 814 g/mol. The van der Waals surface area contributed by atoms with Crippen LogP contribution in [0.15, 0.2) is 96.2 Å². The first-order valence-electron chi connectivity index (χ1n) is 20.8. The summed E-state index contributed by atoms with van der Waals surface area (Å²) < 4.78 is 35.3. The van der Waals surface area contributed by atoms with Crippen molar-refractivity contribution in [3.8, 4) is 11.5 Å². The number of hydrogen-bond acceptors (Lipinski definition) is 10. The number of hydrogen-bond donors (Lipinski definition) is 2. The van der Waals surface area contributed by atoms with Crippen molar-refractivity contribution in [1.29, 1.82) is 0 Å². The summed E-state index contributed by atoms with van der Waals surface area (Å²) >= 11 is 1.93. The summed E-state index contributed by atoms with van der Waals surface area (Å²) in [5.41, 5.74) is 4.11. The Morgan fingerprint density at radius 3 is 2.48 bits per heavy atom. The van der Waals surface area contributed by atoms with Crippen LogP contribution in [0.25, 0.3) is 0 Å². The van der Waals surface area contributed by atoms with Crippen molar-refractivity contribution in [3.05, 3.63) is 124 Å². The van der Waals surface area contributed by atoms with Crippen LogP contribution in [0.1, 0.15) is 93.2 Å². The number of nitro benzene ring substituents is 1. The zero-order chi connectivity index (χ0) is 40.5. The molecule has 0 saturated heterocycles. The average molecular weight is 815 g/mol. The van der Waals surface area contributed by atoms with E-state index in [1.807, 2.05) is 23.9 Å². The van der Waals surface area contributed by atoms with Gasteiger partial charge in [-0.25, -0.2) is 4.39 Å². The van der Waals surface area contributed by atoms with Crippen LogP contribution in [0.3, 0.4) is 0 Å². The number of non-ortho nitro benzene ring substituents is 1. The van der Waals surface area contributed by atoms with Gasteiger partial charge in [0.2, 0.25) is 5.79 Å². The third kappa shape index (κ3) is 9.30. The van der Waals surface area contributed by atoms with Crippen molar-refractivity contribution in [2.24, 2.45) is 22.9 Å². The maximum absolute atomic E-state index is 14.7. The summed E-state index contributed by atoms with van der Waals surface area (Å²) in [5, 5.41) is 36.2. The van der Waals surface area contributed by atoms with Gasteiger partial charge in [-0.2, -0.15) is 0 Å². The zero-order valence-electron chi connectivity index (χ0n) is 33.0. The summed E-state index contributed by atoms with van der Waals surface area (Å²) in [6.07, 6.45) is 14.1. The molecule has 2 fully saturated rings. The van der Waals surface area contributed by atoms with E-state index in [1.54, 1.807) is 36.4 Å². The Morgan fingerprint density at radius 1 is 1.00 bits per heavy atom. The zero-order valence-corrected chi connectivity index (χ0v) is 33.8. The molecule has 0 unspecified atom stereocenters. The molecule has 310 valence electrons. The van der Waals surface area contributed by atoms with Gasteiger partial charge in [-0.15, -0.1) is 18.3 Å². The maximum atomic E-state index is 14.7. The molecule has 4 aliphatic rings. The van der Waals surface area contributed by atoms with E-state index in [-0.39, 0.29) is 73.5 Å². The first-order chi connectivity index (χ1) is 28.3.